The minimum atomic E-state index is -0.143. The fraction of sp³-hybridized carbons (Fsp3) is 0.360. The summed E-state index contributed by atoms with van der Waals surface area (Å²) in [6, 6.07) is 9.75. The molecule has 8 heteroatoms. The van der Waals surface area contributed by atoms with E-state index in [-0.39, 0.29) is 5.97 Å². The Balaban J connectivity index is 1.64. The molecule has 2 aromatic heterocycles. The van der Waals surface area contributed by atoms with E-state index in [2.05, 4.69) is 11.1 Å². The fourth-order valence-electron chi connectivity index (χ4n) is 3.98. The number of aromatic nitrogens is 3. The van der Waals surface area contributed by atoms with Gasteiger partial charge in [-0.1, -0.05) is 47.1 Å². The maximum absolute atomic E-state index is 11.9. The Morgan fingerprint density at radius 2 is 2.15 bits per heavy atom. The zero-order valence-electron chi connectivity index (χ0n) is 18.7. The number of thioether (sulfide) groups is 1. The summed E-state index contributed by atoms with van der Waals surface area (Å²) in [5.41, 5.74) is 3.94. The highest BCUT2D eigenvalue weighted by molar-refractivity contribution is 7.98. The molecule has 0 fully saturated rings. The summed E-state index contributed by atoms with van der Waals surface area (Å²) < 4.78 is 5.13. The number of esters is 1. The van der Waals surface area contributed by atoms with Crippen molar-refractivity contribution in [3.63, 3.8) is 0 Å². The average Bonchev–Trinajstić information content (AvgIpc) is 3.14. The molecule has 0 saturated heterocycles. The molecule has 0 bridgehead atoms. The van der Waals surface area contributed by atoms with Gasteiger partial charge in [-0.05, 0) is 57.1 Å². The van der Waals surface area contributed by atoms with Gasteiger partial charge in [0.2, 0.25) is 0 Å². The zero-order valence-corrected chi connectivity index (χ0v) is 21.1. The number of halogens is 1. The van der Waals surface area contributed by atoms with E-state index >= 15 is 0 Å². The van der Waals surface area contributed by atoms with Crippen LogP contribution in [0.5, 0.6) is 0 Å². The molecule has 0 spiro atoms. The Morgan fingerprint density at radius 1 is 1.27 bits per heavy atom. The van der Waals surface area contributed by atoms with Crippen molar-refractivity contribution in [2.75, 3.05) is 12.9 Å². The van der Waals surface area contributed by atoms with Crippen LogP contribution in [0, 0.1) is 0 Å². The van der Waals surface area contributed by atoms with Crippen molar-refractivity contribution in [2.45, 2.75) is 50.1 Å². The van der Waals surface area contributed by atoms with Gasteiger partial charge in [-0.15, -0.1) is 11.3 Å². The Labute approximate surface area is 207 Å². The van der Waals surface area contributed by atoms with E-state index in [0.29, 0.717) is 24.0 Å². The first kappa shape index (κ1) is 23.9. The van der Waals surface area contributed by atoms with Gasteiger partial charge in [0.25, 0.3) is 0 Å². The summed E-state index contributed by atoms with van der Waals surface area (Å²) >= 11 is 9.53. The summed E-state index contributed by atoms with van der Waals surface area (Å²) in [5, 5.41) is 2.53. The van der Waals surface area contributed by atoms with Crippen molar-refractivity contribution in [3.8, 4) is 21.8 Å². The van der Waals surface area contributed by atoms with Crippen LogP contribution in [0.4, 0.5) is 0 Å². The Bertz CT molecular complexity index is 1160. The molecule has 0 radical (unpaired) electrons. The third-order valence-corrected chi connectivity index (χ3v) is 7.62. The molecule has 172 valence electrons. The SMILES string of the molecule is CCOC(=O)CC1=CCCC(c2nc(-c3cccc(Cl)c3)c(-c3ccnc(SC)n3)s2)CC1. The minimum Gasteiger partial charge on any atom is -0.466 e. The number of rotatable bonds is 7. The number of nitrogens with zero attached hydrogens (tertiary/aromatic N) is 3. The summed E-state index contributed by atoms with van der Waals surface area (Å²) in [5.74, 6) is 0.190. The molecule has 2 heterocycles. The van der Waals surface area contributed by atoms with E-state index in [1.807, 2.05) is 43.5 Å². The van der Waals surface area contributed by atoms with E-state index in [0.717, 1.165) is 57.7 Å². The zero-order chi connectivity index (χ0) is 23.2. The highest BCUT2D eigenvalue weighted by Gasteiger charge is 2.24. The second kappa shape index (κ2) is 11.3. The lowest BCUT2D eigenvalue weighted by Gasteiger charge is -2.11. The quantitative estimate of drug-likeness (QED) is 0.148. The van der Waals surface area contributed by atoms with Gasteiger partial charge in [0.15, 0.2) is 5.16 Å². The molecule has 33 heavy (non-hydrogen) atoms. The van der Waals surface area contributed by atoms with Crippen LogP contribution in [0.15, 0.2) is 53.3 Å². The standard InChI is InChI=1S/C25H26ClN3O2S2/c1-3-31-21(30)14-16-6-4-7-17(11-10-16)24-29-22(18-8-5-9-19(26)15-18)23(33-24)20-12-13-27-25(28-20)32-2/h5-6,8-9,12-13,15,17H,3-4,7,10-11,14H2,1-2H3. The van der Waals surface area contributed by atoms with Crippen LogP contribution in [0.3, 0.4) is 0 Å². The van der Waals surface area contributed by atoms with Crippen molar-refractivity contribution in [1.29, 1.82) is 0 Å². The van der Waals surface area contributed by atoms with Crippen LogP contribution in [-0.4, -0.2) is 33.8 Å². The molecule has 0 amide bonds. The van der Waals surface area contributed by atoms with Gasteiger partial charge >= 0.3 is 5.97 Å². The maximum Gasteiger partial charge on any atom is 0.309 e. The first-order valence-corrected chi connectivity index (χ1v) is 13.5. The van der Waals surface area contributed by atoms with Crippen molar-refractivity contribution < 1.29 is 9.53 Å². The Hall–Kier alpha value is -2.22. The van der Waals surface area contributed by atoms with E-state index in [1.54, 1.807) is 17.5 Å². The van der Waals surface area contributed by atoms with Gasteiger partial charge in [-0.3, -0.25) is 4.79 Å². The molecule has 0 aliphatic heterocycles. The van der Waals surface area contributed by atoms with Crippen molar-refractivity contribution in [1.82, 2.24) is 15.0 Å². The van der Waals surface area contributed by atoms with Crippen LogP contribution in [-0.2, 0) is 9.53 Å². The lowest BCUT2D eigenvalue weighted by atomic mass is 9.99. The van der Waals surface area contributed by atoms with Crippen LogP contribution in [0.2, 0.25) is 5.02 Å². The van der Waals surface area contributed by atoms with E-state index in [1.165, 1.54) is 17.3 Å². The number of carbonyl (C=O) groups is 1. The molecule has 1 aliphatic rings. The smallest absolute Gasteiger partial charge is 0.309 e. The van der Waals surface area contributed by atoms with Crippen LogP contribution in [0.1, 0.15) is 50.0 Å². The third kappa shape index (κ3) is 6.02. The van der Waals surface area contributed by atoms with Crippen LogP contribution < -0.4 is 0 Å². The number of hydrogen-bond donors (Lipinski definition) is 0. The van der Waals surface area contributed by atoms with Gasteiger partial charge in [0.1, 0.15) is 0 Å². The maximum atomic E-state index is 11.9. The molecule has 4 rings (SSSR count). The number of ether oxygens (including phenoxy) is 1. The molecule has 0 saturated carbocycles. The van der Waals surface area contributed by atoms with Gasteiger partial charge in [0.05, 0.1) is 34.3 Å². The average molecular weight is 500 g/mol. The second-order valence-electron chi connectivity index (χ2n) is 7.83. The molecule has 3 aromatic rings. The largest absolute Gasteiger partial charge is 0.466 e. The number of allylic oxidation sites excluding steroid dienone is 1. The van der Waals surface area contributed by atoms with Crippen LogP contribution >= 0.6 is 34.7 Å². The summed E-state index contributed by atoms with van der Waals surface area (Å²) in [6.07, 6.45) is 10.2. The fourth-order valence-corrected chi connectivity index (χ4v) is 5.75. The van der Waals surface area contributed by atoms with Gasteiger partial charge in [-0.2, -0.15) is 0 Å². The lowest BCUT2D eigenvalue weighted by molar-refractivity contribution is -0.142. The topological polar surface area (TPSA) is 65.0 Å². The third-order valence-electron chi connectivity index (χ3n) is 5.58. The number of carbonyl (C=O) groups excluding carboxylic acids is 1. The monoisotopic (exact) mass is 499 g/mol. The molecule has 1 aliphatic carbocycles. The molecule has 5 nitrogen and oxygen atoms in total. The normalized spacial score (nSPS) is 16.2. The Morgan fingerprint density at radius 3 is 2.94 bits per heavy atom. The predicted molar refractivity (Wildman–Crippen MR) is 136 cm³/mol. The highest BCUT2D eigenvalue weighted by Crippen LogP contribution is 2.42. The molecule has 0 N–H and O–H groups in total. The Kier molecular flexibility index (Phi) is 8.17. The molecular weight excluding hydrogens is 474 g/mol. The van der Waals surface area contributed by atoms with Crippen molar-refractivity contribution >= 4 is 40.7 Å². The van der Waals surface area contributed by atoms with Gasteiger partial charge in [0, 0.05) is 22.7 Å². The number of benzene rings is 1. The van der Waals surface area contributed by atoms with E-state index in [9.17, 15) is 4.79 Å². The first-order valence-electron chi connectivity index (χ1n) is 11.0. The molecular formula is C25H26ClN3O2S2. The molecule has 1 aromatic carbocycles. The van der Waals surface area contributed by atoms with Gasteiger partial charge in [-0.25, -0.2) is 15.0 Å². The summed E-state index contributed by atoms with van der Waals surface area (Å²) in [4.78, 5) is 27.1. The highest BCUT2D eigenvalue weighted by atomic mass is 35.5. The van der Waals surface area contributed by atoms with E-state index in [4.69, 9.17) is 26.3 Å². The lowest BCUT2D eigenvalue weighted by Crippen LogP contribution is -2.05. The van der Waals surface area contributed by atoms with Gasteiger partial charge < -0.3 is 4.74 Å². The molecule has 1 atom stereocenters. The van der Waals surface area contributed by atoms with Crippen molar-refractivity contribution in [2.24, 2.45) is 0 Å². The summed E-state index contributed by atoms with van der Waals surface area (Å²) in [6.45, 7) is 2.26. The number of thiazole rings is 1. The predicted octanol–water partition coefficient (Wildman–Crippen LogP) is 7.18. The molecule has 1 unspecified atom stereocenters. The van der Waals surface area contributed by atoms with Crippen LogP contribution in [0.25, 0.3) is 21.8 Å². The van der Waals surface area contributed by atoms with Crippen molar-refractivity contribution in [3.05, 3.63) is 58.2 Å². The first-order chi connectivity index (χ1) is 16.1. The second-order valence-corrected chi connectivity index (χ2v) is 10.1. The number of hydrogen-bond acceptors (Lipinski definition) is 7. The summed E-state index contributed by atoms with van der Waals surface area (Å²) in [7, 11) is 0. The minimum absolute atomic E-state index is 0.143. The van der Waals surface area contributed by atoms with E-state index < -0.39 is 0 Å².